The Labute approximate surface area is 186 Å². The second-order valence-corrected chi connectivity index (χ2v) is 7.50. The molecule has 3 aromatic carbocycles. The molecule has 1 atom stereocenters. The van der Waals surface area contributed by atoms with Crippen LogP contribution >= 0.6 is 0 Å². The molecule has 9 nitrogen and oxygen atoms in total. The smallest absolute Gasteiger partial charge is 0.238 e. The summed E-state index contributed by atoms with van der Waals surface area (Å²) < 4.78 is 10.8. The lowest BCUT2D eigenvalue weighted by Gasteiger charge is -2.18. The number of benzene rings is 3. The maximum atomic E-state index is 13.0. The summed E-state index contributed by atoms with van der Waals surface area (Å²) in [6.45, 7) is 1.66. The van der Waals surface area contributed by atoms with Crippen molar-refractivity contribution < 1.29 is 39.8 Å². The largest absolute Gasteiger partial charge is 0.507 e. The number of phenols is 5. The minimum atomic E-state index is -0.943. The van der Waals surface area contributed by atoms with E-state index in [4.69, 9.17) is 9.15 Å². The number of hydrogen-bond acceptors (Lipinski definition) is 9. The highest BCUT2D eigenvalue weighted by atomic mass is 16.5. The third-order valence-electron chi connectivity index (χ3n) is 5.51. The van der Waals surface area contributed by atoms with Crippen molar-refractivity contribution in [3.8, 4) is 51.6 Å². The molecule has 0 saturated carbocycles. The van der Waals surface area contributed by atoms with Gasteiger partial charge in [0.1, 0.15) is 22.5 Å². The lowest BCUT2D eigenvalue weighted by atomic mass is 9.90. The van der Waals surface area contributed by atoms with Crippen LogP contribution in [0.1, 0.15) is 24.0 Å². The van der Waals surface area contributed by atoms with Crippen molar-refractivity contribution in [1.82, 2.24) is 0 Å². The van der Waals surface area contributed by atoms with E-state index in [9.17, 15) is 35.4 Å². The molecule has 1 aromatic heterocycles. The highest BCUT2D eigenvalue weighted by molar-refractivity contribution is 5.91. The second kappa shape index (κ2) is 7.86. The van der Waals surface area contributed by atoms with E-state index >= 15 is 0 Å². The molecule has 0 fully saturated rings. The molecule has 0 radical (unpaired) electrons. The minimum absolute atomic E-state index is 0.101. The average Bonchev–Trinajstić information content (AvgIpc) is 2.77. The number of ether oxygens (including phenoxy) is 1. The molecule has 0 saturated heterocycles. The number of phenolic OH excluding ortho intramolecular Hbond substituents is 5. The Balaban J connectivity index is 2.03. The van der Waals surface area contributed by atoms with Gasteiger partial charge >= 0.3 is 0 Å². The number of aromatic hydroxyl groups is 6. The van der Waals surface area contributed by atoms with Crippen molar-refractivity contribution >= 4 is 11.0 Å². The van der Waals surface area contributed by atoms with Crippen LogP contribution in [0.2, 0.25) is 0 Å². The third kappa shape index (κ3) is 3.49. The first kappa shape index (κ1) is 21.7. The first-order chi connectivity index (χ1) is 15.6. The van der Waals surface area contributed by atoms with Gasteiger partial charge in [0.05, 0.1) is 7.11 Å². The molecule has 0 bridgehead atoms. The van der Waals surface area contributed by atoms with Crippen LogP contribution in [0.5, 0.6) is 40.2 Å². The molecule has 0 aliphatic rings. The summed E-state index contributed by atoms with van der Waals surface area (Å²) in [5.41, 5.74) is -0.425. The predicted molar refractivity (Wildman–Crippen MR) is 118 cm³/mol. The minimum Gasteiger partial charge on any atom is -0.507 e. The number of hydrogen-bond donors (Lipinski definition) is 6. The second-order valence-electron chi connectivity index (χ2n) is 7.50. The molecular formula is C24H20O9. The van der Waals surface area contributed by atoms with Gasteiger partial charge in [0, 0.05) is 23.1 Å². The van der Waals surface area contributed by atoms with Crippen LogP contribution in [-0.4, -0.2) is 37.7 Å². The standard InChI is InChI=1S/C24H20O9/c1-10(11-3-5-13(25)14(26)7-11)19-16(28)9-17(29)20-21(30)22(31)23(33-24(19)20)12-4-6-18(32-2)15(27)8-12/h3-10,25-29,31H,1-2H3. The molecular weight excluding hydrogens is 432 g/mol. The first-order valence-electron chi connectivity index (χ1n) is 9.77. The number of methoxy groups -OCH3 is 1. The van der Waals surface area contributed by atoms with E-state index in [-0.39, 0.29) is 50.9 Å². The average molecular weight is 452 g/mol. The summed E-state index contributed by atoms with van der Waals surface area (Å²) >= 11 is 0. The molecule has 170 valence electrons. The van der Waals surface area contributed by atoms with Crippen molar-refractivity contribution in [3.05, 3.63) is 63.8 Å². The van der Waals surface area contributed by atoms with Crippen LogP contribution in [0.25, 0.3) is 22.3 Å². The summed E-state index contributed by atoms with van der Waals surface area (Å²) in [4.78, 5) is 13.0. The van der Waals surface area contributed by atoms with Crippen LogP contribution in [0.4, 0.5) is 0 Å². The van der Waals surface area contributed by atoms with Gasteiger partial charge in [0.2, 0.25) is 11.2 Å². The Bertz CT molecular complexity index is 1450. The molecule has 9 heteroatoms. The van der Waals surface area contributed by atoms with Crippen molar-refractivity contribution in [3.63, 3.8) is 0 Å². The summed E-state index contributed by atoms with van der Waals surface area (Å²) in [5, 5.41) is 60.7. The van der Waals surface area contributed by atoms with Crippen LogP contribution in [0.3, 0.4) is 0 Å². The molecule has 1 heterocycles. The summed E-state index contributed by atoms with van der Waals surface area (Å²) in [5.74, 6) is -3.56. The normalized spacial score (nSPS) is 12.1. The van der Waals surface area contributed by atoms with Gasteiger partial charge in [-0.1, -0.05) is 13.0 Å². The SMILES string of the molecule is COc1ccc(-c2oc3c(C(C)c4ccc(O)c(O)c4)c(O)cc(O)c3c(=O)c2O)cc1O. The molecule has 0 spiro atoms. The fraction of sp³-hybridized carbons (Fsp3) is 0.125. The first-order valence-corrected chi connectivity index (χ1v) is 9.77. The Morgan fingerprint density at radius 2 is 1.55 bits per heavy atom. The van der Waals surface area contributed by atoms with Gasteiger partial charge in [0.15, 0.2) is 28.8 Å². The fourth-order valence-electron chi connectivity index (χ4n) is 3.77. The van der Waals surface area contributed by atoms with Gasteiger partial charge in [0.25, 0.3) is 0 Å². The lowest BCUT2D eigenvalue weighted by molar-refractivity contribution is 0.373. The molecule has 6 N–H and O–H groups in total. The predicted octanol–water partition coefficient (Wildman–Crippen LogP) is 3.85. The van der Waals surface area contributed by atoms with Crippen LogP contribution in [0.15, 0.2) is 51.7 Å². The van der Waals surface area contributed by atoms with E-state index in [2.05, 4.69) is 0 Å². The van der Waals surface area contributed by atoms with E-state index in [1.807, 2.05) is 0 Å². The Morgan fingerprint density at radius 3 is 2.18 bits per heavy atom. The van der Waals surface area contributed by atoms with Gasteiger partial charge in [-0.2, -0.15) is 0 Å². The summed E-state index contributed by atoms with van der Waals surface area (Å²) in [6, 6.07) is 9.13. The molecule has 4 rings (SSSR count). The van der Waals surface area contributed by atoms with Crippen LogP contribution in [0, 0.1) is 0 Å². The Morgan fingerprint density at radius 1 is 0.818 bits per heavy atom. The zero-order valence-corrected chi connectivity index (χ0v) is 17.5. The van der Waals surface area contributed by atoms with Crippen LogP contribution in [-0.2, 0) is 0 Å². The van der Waals surface area contributed by atoms with Crippen molar-refractivity contribution in [2.75, 3.05) is 7.11 Å². The summed E-state index contributed by atoms with van der Waals surface area (Å²) in [6.07, 6.45) is 0. The number of rotatable bonds is 4. The topological polar surface area (TPSA) is 161 Å². The van der Waals surface area contributed by atoms with E-state index in [1.165, 1.54) is 43.5 Å². The fourth-order valence-corrected chi connectivity index (χ4v) is 3.77. The molecule has 4 aromatic rings. The van der Waals surface area contributed by atoms with Gasteiger partial charge in [-0.25, -0.2) is 0 Å². The van der Waals surface area contributed by atoms with Gasteiger partial charge in [-0.15, -0.1) is 0 Å². The quantitative estimate of drug-likeness (QED) is 0.253. The van der Waals surface area contributed by atoms with Gasteiger partial charge < -0.3 is 39.8 Å². The molecule has 0 aliphatic heterocycles. The van der Waals surface area contributed by atoms with Crippen molar-refractivity contribution in [2.45, 2.75) is 12.8 Å². The van der Waals surface area contributed by atoms with Gasteiger partial charge in [-0.3, -0.25) is 4.79 Å². The molecule has 0 amide bonds. The van der Waals surface area contributed by atoms with Crippen LogP contribution < -0.4 is 10.2 Å². The monoisotopic (exact) mass is 452 g/mol. The third-order valence-corrected chi connectivity index (χ3v) is 5.51. The zero-order valence-electron chi connectivity index (χ0n) is 17.5. The van der Waals surface area contributed by atoms with E-state index in [0.717, 1.165) is 6.07 Å². The van der Waals surface area contributed by atoms with Crippen molar-refractivity contribution in [1.29, 1.82) is 0 Å². The Kier molecular flexibility index (Phi) is 5.17. The van der Waals surface area contributed by atoms with E-state index in [0.29, 0.717) is 5.56 Å². The molecule has 1 unspecified atom stereocenters. The highest BCUT2D eigenvalue weighted by Gasteiger charge is 2.26. The maximum Gasteiger partial charge on any atom is 0.238 e. The molecule has 33 heavy (non-hydrogen) atoms. The zero-order chi connectivity index (χ0) is 24.0. The summed E-state index contributed by atoms with van der Waals surface area (Å²) in [7, 11) is 1.36. The van der Waals surface area contributed by atoms with Gasteiger partial charge in [-0.05, 0) is 35.9 Å². The molecule has 0 aliphatic carbocycles. The van der Waals surface area contributed by atoms with E-state index in [1.54, 1.807) is 6.92 Å². The lowest BCUT2D eigenvalue weighted by Crippen LogP contribution is -2.07. The van der Waals surface area contributed by atoms with E-state index < -0.39 is 28.6 Å². The maximum absolute atomic E-state index is 13.0. The highest BCUT2D eigenvalue weighted by Crippen LogP contribution is 2.44. The Hall–Kier alpha value is -4.53. The van der Waals surface area contributed by atoms with Crippen molar-refractivity contribution in [2.24, 2.45) is 0 Å². The number of fused-ring (bicyclic) bond motifs is 1.